The molecule has 0 bridgehead atoms. The summed E-state index contributed by atoms with van der Waals surface area (Å²) in [6, 6.07) is 5.27. The second-order valence-electron chi connectivity index (χ2n) is 5.07. The Morgan fingerprint density at radius 3 is 2.58 bits per heavy atom. The molecule has 1 atom stereocenters. The number of nitrogens with zero attached hydrogens (tertiary/aromatic N) is 1. The summed E-state index contributed by atoms with van der Waals surface area (Å²) < 4.78 is 5.04. The van der Waals surface area contributed by atoms with Gasteiger partial charge in [0.2, 0.25) is 0 Å². The van der Waals surface area contributed by atoms with Crippen LogP contribution < -0.4 is 10.1 Å². The van der Waals surface area contributed by atoms with Gasteiger partial charge >= 0.3 is 0 Å². The van der Waals surface area contributed by atoms with Crippen molar-refractivity contribution in [1.29, 1.82) is 0 Å². The maximum atomic E-state index is 11.1. The molecule has 0 saturated heterocycles. The topological polar surface area (TPSA) is 64.4 Å². The van der Waals surface area contributed by atoms with E-state index in [1.54, 1.807) is 12.1 Å². The molecule has 5 nitrogen and oxygen atoms in total. The van der Waals surface area contributed by atoms with Gasteiger partial charge < -0.3 is 10.1 Å². The summed E-state index contributed by atoms with van der Waals surface area (Å²) in [4.78, 5) is 10.8. The molecular formula is C14H22N2O3. The van der Waals surface area contributed by atoms with Crippen molar-refractivity contribution in [2.45, 2.75) is 32.7 Å². The van der Waals surface area contributed by atoms with Crippen molar-refractivity contribution in [2.24, 2.45) is 5.92 Å². The number of likely N-dealkylation sites (N-methyl/N-ethyl adjacent to an activating group) is 1. The second kappa shape index (κ2) is 7.09. The average Bonchev–Trinajstić information content (AvgIpc) is 2.37. The van der Waals surface area contributed by atoms with Crippen LogP contribution in [0.2, 0.25) is 0 Å². The predicted molar refractivity (Wildman–Crippen MR) is 75.7 cm³/mol. The lowest BCUT2D eigenvalue weighted by Crippen LogP contribution is -2.29. The van der Waals surface area contributed by atoms with E-state index < -0.39 is 0 Å². The largest absolute Gasteiger partial charge is 0.497 e. The fourth-order valence-corrected chi connectivity index (χ4v) is 2.15. The molecule has 1 N–H and O–H groups in total. The Balaban J connectivity index is 2.95. The van der Waals surface area contributed by atoms with Crippen LogP contribution in [0.15, 0.2) is 18.2 Å². The first-order valence-electron chi connectivity index (χ1n) is 6.46. The molecule has 0 aromatic heterocycles. The third-order valence-electron chi connectivity index (χ3n) is 3.12. The van der Waals surface area contributed by atoms with E-state index in [-0.39, 0.29) is 16.7 Å². The van der Waals surface area contributed by atoms with Crippen molar-refractivity contribution >= 4 is 5.69 Å². The van der Waals surface area contributed by atoms with E-state index in [4.69, 9.17) is 4.74 Å². The van der Waals surface area contributed by atoms with Crippen LogP contribution in [-0.2, 0) is 6.42 Å². The smallest absolute Gasteiger partial charge is 0.276 e. The molecule has 1 aromatic rings. The molecule has 0 aliphatic heterocycles. The molecule has 0 saturated carbocycles. The third kappa shape index (κ3) is 4.52. The molecule has 0 fully saturated rings. The summed E-state index contributed by atoms with van der Waals surface area (Å²) in [7, 11) is 3.40. The Labute approximate surface area is 114 Å². The van der Waals surface area contributed by atoms with Gasteiger partial charge in [-0.15, -0.1) is 0 Å². The lowest BCUT2D eigenvalue weighted by molar-refractivity contribution is -0.385. The van der Waals surface area contributed by atoms with Crippen molar-refractivity contribution in [3.05, 3.63) is 33.9 Å². The molecule has 19 heavy (non-hydrogen) atoms. The Morgan fingerprint density at radius 1 is 1.42 bits per heavy atom. The highest BCUT2D eigenvalue weighted by Crippen LogP contribution is 2.26. The van der Waals surface area contributed by atoms with E-state index in [0.29, 0.717) is 18.1 Å². The van der Waals surface area contributed by atoms with E-state index in [1.165, 1.54) is 13.2 Å². The number of rotatable bonds is 7. The molecule has 1 rings (SSSR count). The van der Waals surface area contributed by atoms with E-state index in [0.717, 1.165) is 12.0 Å². The number of nitro benzene ring substituents is 1. The molecule has 1 aromatic carbocycles. The summed E-state index contributed by atoms with van der Waals surface area (Å²) in [5.41, 5.74) is 0.870. The normalized spacial score (nSPS) is 12.5. The van der Waals surface area contributed by atoms with Crippen LogP contribution in [0, 0.1) is 16.0 Å². The highest BCUT2D eigenvalue weighted by atomic mass is 16.6. The van der Waals surface area contributed by atoms with Crippen molar-refractivity contribution in [1.82, 2.24) is 5.32 Å². The number of benzene rings is 1. The van der Waals surface area contributed by atoms with Gasteiger partial charge in [0.1, 0.15) is 5.75 Å². The SMILES string of the molecule is CNC(Cc1ccc(OC)cc1[N+](=O)[O-])CC(C)C. The summed E-state index contributed by atoms with van der Waals surface area (Å²) in [5, 5.41) is 14.3. The number of methoxy groups -OCH3 is 1. The zero-order chi connectivity index (χ0) is 14.4. The van der Waals surface area contributed by atoms with Crippen LogP contribution in [0.4, 0.5) is 5.69 Å². The van der Waals surface area contributed by atoms with Crippen molar-refractivity contribution in [3.63, 3.8) is 0 Å². The second-order valence-corrected chi connectivity index (χ2v) is 5.07. The lowest BCUT2D eigenvalue weighted by Gasteiger charge is -2.18. The highest BCUT2D eigenvalue weighted by Gasteiger charge is 2.19. The number of nitro groups is 1. The molecule has 106 valence electrons. The zero-order valence-electron chi connectivity index (χ0n) is 12.0. The molecule has 5 heteroatoms. The van der Waals surface area contributed by atoms with Gasteiger partial charge in [-0.05, 0) is 37.9 Å². The number of nitrogens with one attached hydrogen (secondary N) is 1. The number of ether oxygens (including phenoxy) is 1. The Kier molecular flexibility index (Phi) is 5.76. The minimum atomic E-state index is -0.347. The number of hydrogen-bond donors (Lipinski definition) is 1. The summed E-state index contributed by atoms with van der Waals surface area (Å²) in [6.45, 7) is 4.29. The van der Waals surface area contributed by atoms with Crippen molar-refractivity contribution < 1.29 is 9.66 Å². The molecule has 0 aliphatic rings. The van der Waals surface area contributed by atoms with E-state index in [2.05, 4.69) is 19.2 Å². The fraction of sp³-hybridized carbons (Fsp3) is 0.571. The average molecular weight is 266 g/mol. The van der Waals surface area contributed by atoms with E-state index in [1.807, 2.05) is 7.05 Å². The quantitative estimate of drug-likeness (QED) is 0.609. The lowest BCUT2D eigenvalue weighted by atomic mass is 9.96. The fourth-order valence-electron chi connectivity index (χ4n) is 2.15. The maximum absolute atomic E-state index is 11.1. The van der Waals surface area contributed by atoms with Crippen molar-refractivity contribution in [2.75, 3.05) is 14.2 Å². The molecule has 0 spiro atoms. The highest BCUT2D eigenvalue weighted by molar-refractivity contribution is 5.46. The minimum Gasteiger partial charge on any atom is -0.497 e. The first-order chi connectivity index (χ1) is 8.97. The summed E-state index contributed by atoms with van der Waals surface area (Å²) in [5.74, 6) is 1.06. The summed E-state index contributed by atoms with van der Waals surface area (Å²) in [6.07, 6.45) is 1.63. The molecule has 0 heterocycles. The zero-order valence-corrected chi connectivity index (χ0v) is 12.0. The van der Waals surface area contributed by atoms with Crippen LogP contribution in [0.3, 0.4) is 0 Å². The van der Waals surface area contributed by atoms with Crippen LogP contribution in [0.5, 0.6) is 5.75 Å². The van der Waals surface area contributed by atoms with Gasteiger partial charge in [0.15, 0.2) is 0 Å². The van der Waals surface area contributed by atoms with E-state index >= 15 is 0 Å². The standard InChI is InChI=1S/C14H22N2O3/c1-10(2)7-12(15-3)8-11-5-6-13(19-4)9-14(11)16(17)18/h5-6,9-10,12,15H,7-8H2,1-4H3. The van der Waals surface area contributed by atoms with Gasteiger partial charge in [-0.1, -0.05) is 13.8 Å². The first kappa shape index (κ1) is 15.4. The molecule has 0 amide bonds. The van der Waals surface area contributed by atoms with Gasteiger partial charge in [0, 0.05) is 11.6 Å². The third-order valence-corrected chi connectivity index (χ3v) is 3.12. The number of hydrogen-bond acceptors (Lipinski definition) is 4. The Hall–Kier alpha value is -1.62. The molecule has 0 aliphatic carbocycles. The van der Waals surface area contributed by atoms with Crippen LogP contribution in [0.25, 0.3) is 0 Å². The van der Waals surface area contributed by atoms with Gasteiger partial charge in [0.25, 0.3) is 5.69 Å². The Morgan fingerprint density at radius 2 is 2.11 bits per heavy atom. The van der Waals surface area contributed by atoms with E-state index in [9.17, 15) is 10.1 Å². The van der Waals surface area contributed by atoms with Gasteiger partial charge in [0.05, 0.1) is 18.1 Å². The van der Waals surface area contributed by atoms with Crippen LogP contribution >= 0.6 is 0 Å². The molecular weight excluding hydrogens is 244 g/mol. The maximum Gasteiger partial charge on any atom is 0.276 e. The summed E-state index contributed by atoms with van der Waals surface area (Å²) >= 11 is 0. The van der Waals surface area contributed by atoms with Crippen LogP contribution in [0.1, 0.15) is 25.8 Å². The monoisotopic (exact) mass is 266 g/mol. The predicted octanol–water partition coefficient (Wildman–Crippen LogP) is 2.78. The van der Waals surface area contributed by atoms with Crippen LogP contribution in [-0.4, -0.2) is 25.1 Å². The minimum absolute atomic E-state index is 0.128. The molecule has 0 radical (unpaired) electrons. The van der Waals surface area contributed by atoms with Gasteiger partial charge in [-0.3, -0.25) is 10.1 Å². The van der Waals surface area contributed by atoms with Gasteiger partial charge in [-0.25, -0.2) is 0 Å². The van der Waals surface area contributed by atoms with Gasteiger partial charge in [-0.2, -0.15) is 0 Å². The van der Waals surface area contributed by atoms with Crippen molar-refractivity contribution in [3.8, 4) is 5.75 Å². The first-order valence-corrected chi connectivity index (χ1v) is 6.46. The molecule has 1 unspecified atom stereocenters. The Bertz CT molecular complexity index is 433.